The summed E-state index contributed by atoms with van der Waals surface area (Å²) < 4.78 is 0. The fourth-order valence-electron chi connectivity index (χ4n) is 2.50. The van der Waals surface area contributed by atoms with E-state index in [9.17, 15) is 19.2 Å². The molecule has 1 saturated heterocycles. The van der Waals surface area contributed by atoms with Gasteiger partial charge in [0.2, 0.25) is 11.8 Å². The Morgan fingerprint density at radius 1 is 1.17 bits per heavy atom. The lowest BCUT2D eigenvalue weighted by Gasteiger charge is -2.24. The van der Waals surface area contributed by atoms with Crippen LogP contribution in [0.25, 0.3) is 0 Å². The van der Waals surface area contributed by atoms with Crippen molar-refractivity contribution in [3.63, 3.8) is 0 Å². The lowest BCUT2D eigenvalue weighted by Crippen LogP contribution is -2.43. The number of nitrogens with zero attached hydrogens (tertiary/aromatic N) is 2. The third-order valence-corrected chi connectivity index (χ3v) is 3.75. The standard InChI is InChI=1S/C13H24N6O4/c1-7(2)10-12(22)19(6-8(3)11(21)17-15)13(23)18(10)5-4-9(20)16-14/h7-8,10H,4-6,14-15H2,1-3H3,(H,16,20)(H,17,21). The maximum atomic E-state index is 12.5. The zero-order valence-corrected chi connectivity index (χ0v) is 13.5. The van der Waals surface area contributed by atoms with Gasteiger partial charge in [0.25, 0.3) is 5.91 Å². The van der Waals surface area contributed by atoms with E-state index in [1.54, 1.807) is 6.92 Å². The molecule has 1 aliphatic heterocycles. The smallest absolute Gasteiger partial charge is 0.311 e. The van der Waals surface area contributed by atoms with Crippen LogP contribution in [0.2, 0.25) is 0 Å². The van der Waals surface area contributed by atoms with Crippen molar-refractivity contribution < 1.29 is 19.2 Å². The van der Waals surface area contributed by atoms with E-state index in [1.807, 2.05) is 24.7 Å². The molecule has 23 heavy (non-hydrogen) atoms. The highest BCUT2D eigenvalue weighted by molar-refractivity contribution is 6.04. The van der Waals surface area contributed by atoms with Gasteiger partial charge >= 0.3 is 6.03 Å². The van der Waals surface area contributed by atoms with Crippen LogP contribution in [0.5, 0.6) is 0 Å². The van der Waals surface area contributed by atoms with Gasteiger partial charge in [0.1, 0.15) is 6.04 Å². The van der Waals surface area contributed by atoms with Gasteiger partial charge < -0.3 is 4.90 Å². The van der Waals surface area contributed by atoms with Gasteiger partial charge in [-0.15, -0.1) is 0 Å². The Morgan fingerprint density at radius 2 is 1.78 bits per heavy atom. The number of carbonyl (C=O) groups excluding carboxylic acids is 4. The number of nitrogens with one attached hydrogen (secondary N) is 2. The van der Waals surface area contributed by atoms with E-state index in [0.29, 0.717) is 0 Å². The molecule has 130 valence electrons. The molecule has 2 unspecified atom stereocenters. The minimum absolute atomic E-state index is 0.00851. The molecule has 0 radical (unpaired) electrons. The van der Waals surface area contributed by atoms with E-state index in [4.69, 9.17) is 11.7 Å². The van der Waals surface area contributed by atoms with Crippen molar-refractivity contribution in [2.45, 2.75) is 33.2 Å². The number of hydrogen-bond acceptors (Lipinski definition) is 6. The predicted molar refractivity (Wildman–Crippen MR) is 80.9 cm³/mol. The molecule has 0 aromatic rings. The van der Waals surface area contributed by atoms with Crippen molar-refractivity contribution in [3.8, 4) is 0 Å². The monoisotopic (exact) mass is 328 g/mol. The summed E-state index contributed by atoms with van der Waals surface area (Å²) in [7, 11) is 0. The van der Waals surface area contributed by atoms with Crippen LogP contribution in [0.4, 0.5) is 4.79 Å². The minimum atomic E-state index is -0.666. The lowest BCUT2D eigenvalue weighted by atomic mass is 10.0. The molecular formula is C13H24N6O4. The Kier molecular flexibility index (Phi) is 6.46. The van der Waals surface area contributed by atoms with Crippen LogP contribution in [-0.2, 0) is 14.4 Å². The van der Waals surface area contributed by atoms with Crippen LogP contribution in [0.15, 0.2) is 0 Å². The molecule has 1 heterocycles. The molecule has 0 bridgehead atoms. The van der Waals surface area contributed by atoms with Gasteiger partial charge in [-0.2, -0.15) is 0 Å². The van der Waals surface area contributed by atoms with Crippen molar-refractivity contribution in [1.82, 2.24) is 20.7 Å². The van der Waals surface area contributed by atoms with E-state index >= 15 is 0 Å². The summed E-state index contributed by atoms with van der Waals surface area (Å²) in [5.41, 5.74) is 3.98. The first kappa shape index (κ1) is 18.8. The summed E-state index contributed by atoms with van der Waals surface area (Å²) in [5.74, 6) is 8.05. The Morgan fingerprint density at radius 3 is 2.26 bits per heavy atom. The number of imide groups is 1. The summed E-state index contributed by atoms with van der Waals surface area (Å²) in [6.45, 7) is 5.20. The van der Waals surface area contributed by atoms with Gasteiger partial charge in [0, 0.05) is 19.5 Å². The molecule has 5 amide bonds. The largest absolute Gasteiger partial charge is 0.327 e. The Balaban J connectivity index is 2.90. The van der Waals surface area contributed by atoms with Crippen LogP contribution in [0.3, 0.4) is 0 Å². The third-order valence-electron chi connectivity index (χ3n) is 3.75. The molecule has 0 aromatic heterocycles. The first-order chi connectivity index (χ1) is 10.7. The molecule has 1 fully saturated rings. The Bertz CT molecular complexity index is 495. The summed E-state index contributed by atoms with van der Waals surface area (Å²) in [6.07, 6.45) is -0.00851. The average Bonchev–Trinajstić information content (AvgIpc) is 2.75. The van der Waals surface area contributed by atoms with Crippen LogP contribution in [0.1, 0.15) is 27.2 Å². The van der Waals surface area contributed by atoms with Crippen molar-refractivity contribution in [1.29, 1.82) is 0 Å². The maximum absolute atomic E-state index is 12.5. The van der Waals surface area contributed by atoms with Crippen molar-refractivity contribution in [2.75, 3.05) is 13.1 Å². The second-order valence-electron chi connectivity index (χ2n) is 5.84. The predicted octanol–water partition coefficient (Wildman–Crippen LogP) is -1.72. The van der Waals surface area contributed by atoms with Crippen LogP contribution >= 0.6 is 0 Å². The molecule has 0 aliphatic carbocycles. The molecule has 0 spiro atoms. The average molecular weight is 328 g/mol. The quantitative estimate of drug-likeness (QED) is 0.189. The number of hydrogen-bond donors (Lipinski definition) is 4. The Hall–Kier alpha value is -2.20. The fourth-order valence-corrected chi connectivity index (χ4v) is 2.50. The van der Waals surface area contributed by atoms with Crippen molar-refractivity contribution >= 4 is 23.8 Å². The second-order valence-corrected chi connectivity index (χ2v) is 5.84. The van der Waals surface area contributed by atoms with Gasteiger partial charge in [-0.3, -0.25) is 30.1 Å². The van der Waals surface area contributed by atoms with Gasteiger partial charge in [-0.1, -0.05) is 20.8 Å². The molecule has 10 nitrogen and oxygen atoms in total. The number of rotatable bonds is 7. The zero-order chi connectivity index (χ0) is 17.7. The number of nitrogens with two attached hydrogens (primary N) is 2. The fraction of sp³-hybridized carbons (Fsp3) is 0.692. The first-order valence-corrected chi connectivity index (χ1v) is 7.36. The molecule has 10 heteroatoms. The van der Waals surface area contributed by atoms with Crippen molar-refractivity contribution in [2.24, 2.45) is 23.5 Å². The van der Waals surface area contributed by atoms with E-state index in [2.05, 4.69) is 0 Å². The highest BCUT2D eigenvalue weighted by Gasteiger charge is 2.46. The van der Waals surface area contributed by atoms with E-state index in [0.717, 1.165) is 4.90 Å². The highest BCUT2D eigenvalue weighted by atomic mass is 16.2. The second kappa shape index (κ2) is 7.88. The molecule has 1 aliphatic rings. The summed E-state index contributed by atoms with van der Waals surface area (Å²) in [5, 5.41) is 0. The van der Waals surface area contributed by atoms with Gasteiger partial charge in [-0.25, -0.2) is 16.5 Å². The molecule has 1 rings (SSSR count). The Labute approximate surface area is 134 Å². The first-order valence-electron chi connectivity index (χ1n) is 7.36. The van der Waals surface area contributed by atoms with Crippen LogP contribution in [0, 0.1) is 11.8 Å². The van der Waals surface area contributed by atoms with Gasteiger partial charge in [0.15, 0.2) is 0 Å². The van der Waals surface area contributed by atoms with Gasteiger partial charge in [0.05, 0.1) is 5.92 Å². The van der Waals surface area contributed by atoms with E-state index in [1.165, 1.54) is 4.90 Å². The number of amides is 5. The molecule has 6 N–H and O–H groups in total. The summed E-state index contributed by atoms with van der Waals surface area (Å²) in [4.78, 5) is 50.1. The minimum Gasteiger partial charge on any atom is -0.311 e. The number of urea groups is 1. The summed E-state index contributed by atoms with van der Waals surface area (Å²) in [6, 6.07) is -1.18. The van der Waals surface area contributed by atoms with E-state index < -0.39 is 29.8 Å². The SMILES string of the molecule is CC(CN1C(=O)C(C(C)C)N(CCC(=O)NN)C1=O)C(=O)NN. The normalized spacial score (nSPS) is 19.3. The topological polar surface area (TPSA) is 151 Å². The molecule has 0 saturated carbocycles. The van der Waals surface area contributed by atoms with Crippen LogP contribution < -0.4 is 22.5 Å². The number of carbonyl (C=O) groups is 4. The highest BCUT2D eigenvalue weighted by Crippen LogP contribution is 2.24. The van der Waals surface area contributed by atoms with Crippen LogP contribution in [-0.4, -0.2) is 52.7 Å². The van der Waals surface area contributed by atoms with E-state index in [-0.39, 0.29) is 31.3 Å². The molecule has 2 atom stereocenters. The van der Waals surface area contributed by atoms with Gasteiger partial charge in [-0.05, 0) is 5.92 Å². The third kappa shape index (κ3) is 4.17. The molecular weight excluding hydrogens is 304 g/mol. The maximum Gasteiger partial charge on any atom is 0.327 e. The zero-order valence-electron chi connectivity index (χ0n) is 13.5. The molecule has 0 aromatic carbocycles. The van der Waals surface area contributed by atoms with Crippen molar-refractivity contribution in [3.05, 3.63) is 0 Å². The lowest BCUT2D eigenvalue weighted by molar-refractivity contribution is -0.131. The number of hydrazine groups is 2. The summed E-state index contributed by atoms with van der Waals surface area (Å²) >= 11 is 0.